The fourth-order valence-electron chi connectivity index (χ4n) is 2.82. The molecule has 7 nitrogen and oxygen atoms in total. The van der Waals surface area contributed by atoms with E-state index < -0.39 is 0 Å². The SMILES string of the molecule is CCCn1nc2c(cc1=O)CN([C@H](C)C(=O)Nc1nccs1)CC2. The zero-order chi connectivity index (χ0) is 17.1. The van der Waals surface area contributed by atoms with Gasteiger partial charge in [0.2, 0.25) is 5.91 Å². The molecule has 2 aromatic rings. The maximum atomic E-state index is 12.4. The van der Waals surface area contributed by atoms with E-state index in [1.807, 2.05) is 19.2 Å². The second-order valence-corrected chi connectivity index (χ2v) is 6.80. The minimum Gasteiger partial charge on any atom is -0.301 e. The molecule has 0 spiro atoms. The van der Waals surface area contributed by atoms with Gasteiger partial charge in [0.25, 0.3) is 5.56 Å². The van der Waals surface area contributed by atoms with Crippen LogP contribution >= 0.6 is 11.3 Å². The van der Waals surface area contributed by atoms with Crippen molar-refractivity contribution in [2.24, 2.45) is 0 Å². The molecule has 2 aromatic heterocycles. The van der Waals surface area contributed by atoms with Crippen molar-refractivity contribution in [3.63, 3.8) is 0 Å². The van der Waals surface area contributed by atoms with Crippen molar-refractivity contribution in [2.45, 2.75) is 45.8 Å². The third-order valence-corrected chi connectivity index (χ3v) is 4.89. The van der Waals surface area contributed by atoms with Gasteiger partial charge >= 0.3 is 0 Å². The van der Waals surface area contributed by atoms with Crippen LogP contribution in [-0.2, 0) is 24.3 Å². The number of carbonyl (C=O) groups excluding carboxylic acids is 1. The van der Waals surface area contributed by atoms with E-state index in [9.17, 15) is 9.59 Å². The molecule has 1 aliphatic heterocycles. The Labute approximate surface area is 144 Å². The van der Waals surface area contributed by atoms with E-state index in [-0.39, 0.29) is 17.5 Å². The third kappa shape index (κ3) is 3.54. The lowest BCUT2D eigenvalue weighted by Crippen LogP contribution is -2.45. The largest absolute Gasteiger partial charge is 0.301 e. The van der Waals surface area contributed by atoms with Crippen molar-refractivity contribution in [3.05, 3.63) is 39.3 Å². The number of hydrogen-bond acceptors (Lipinski definition) is 6. The van der Waals surface area contributed by atoms with Crippen molar-refractivity contribution in [1.82, 2.24) is 19.7 Å². The van der Waals surface area contributed by atoms with Crippen molar-refractivity contribution < 1.29 is 4.79 Å². The highest BCUT2D eigenvalue weighted by Crippen LogP contribution is 2.19. The highest BCUT2D eigenvalue weighted by atomic mass is 32.1. The van der Waals surface area contributed by atoms with Gasteiger partial charge in [-0.3, -0.25) is 14.5 Å². The molecule has 8 heteroatoms. The van der Waals surface area contributed by atoms with Crippen molar-refractivity contribution in [1.29, 1.82) is 0 Å². The van der Waals surface area contributed by atoms with E-state index in [0.717, 1.165) is 30.6 Å². The van der Waals surface area contributed by atoms with Gasteiger partial charge in [-0.15, -0.1) is 11.3 Å². The summed E-state index contributed by atoms with van der Waals surface area (Å²) in [5.74, 6) is -0.0827. The molecule has 3 heterocycles. The Morgan fingerprint density at radius 2 is 2.33 bits per heavy atom. The quantitative estimate of drug-likeness (QED) is 0.886. The fraction of sp³-hybridized carbons (Fsp3) is 0.500. The van der Waals surface area contributed by atoms with Crippen LogP contribution in [0.25, 0.3) is 0 Å². The number of amides is 1. The molecular formula is C16H21N5O2S. The number of anilines is 1. The van der Waals surface area contributed by atoms with Crippen LogP contribution in [0.3, 0.4) is 0 Å². The Morgan fingerprint density at radius 3 is 3.04 bits per heavy atom. The van der Waals surface area contributed by atoms with Gasteiger partial charge in [-0.2, -0.15) is 5.10 Å². The molecular weight excluding hydrogens is 326 g/mol. The number of fused-ring (bicyclic) bond motifs is 1. The van der Waals surface area contributed by atoms with Crippen molar-refractivity contribution >= 4 is 22.4 Å². The summed E-state index contributed by atoms with van der Waals surface area (Å²) < 4.78 is 1.53. The summed E-state index contributed by atoms with van der Waals surface area (Å²) in [4.78, 5) is 30.6. The van der Waals surface area contributed by atoms with Gasteiger partial charge in [0.05, 0.1) is 11.7 Å². The zero-order valence-electron chi connectivity index (χ0n) is 13.9. The smallest absolute Gasteiger partial charge is 0.267 e. The summed E-state index contributed by atoms with van der Waals surface area (Å²) >= 11 is 1.40. The molecule has 1 amide bonds. The minimum atomic E-state index is -0.292. The summed E-state index contributed by atoms with van der Waals surface area (Å²) in [6, 6.07) is 1.37. The van der Waals surface area contributed by atoms with E-state index in [0.29, 0.717) is 18.2 Å². The maximum absolute atomic E-state index is 12.4. The Hall–Kier alpha value is -2.06. The van der Waals surface area contributed by atoms with E-state index >= 15 is 0 Å². The molecule has 0 radical (unpaired) electrons. The van der Waals surface area contributed by atoms with Crippen molar-refractivity contribution in [2.75, 3.05) is 11.9 Å². The molecule has 24 heavy (non-hydrogen) atoms. The molecule has 0 saturated carbocycles. The standard InChI is InChI=1S/C16H21N5O2S/c1-3-6-21-14(22)9-12-10-20(7-4-13(12)19-21)11(2)15(23)18-16-17-5-8-24-16/h5,8-9,11H,3-4,6-7,10H2,1-2H3,(H,17,18,23)/t11-/m1/s1. The first kappa shape index (κ1) is 16.8. The van der Waals surface area contributed by atoms with Gasteiger partial charge in [0.15, 0.2) is 5.13 Å². The molecule has 0 aliphatic carbocycles. The number of carbonyl (C=O) groups is 1. The predicted molar refractivity (Wildman–Crippen MR) is 93.1 cm³/mol. The maximum Gasteiger partial charge on any atom is 0.267 e. The lowest BCUT2D eigenvalue weighted by molar-refractivity contribution is -0.121. The fourth-order valence-corrected chi connectivity index (χ4v) is 3.36. The van der Waals surface area contributed by atoms with Gasteiger partial charge in [-0.1, -0.05) is 6.92 Å². The van der Waals surface area contributed by atoms with Crippen LogP contribution in [-0.4, -0.2) is 38.2 Å². The van der Waals surface area contributed by atoms with Crippen LogP contribution in [0.5, 0.6) is 0 Å². The summed E-state index contributed by atoms with van der Waals surface area (Å²) in [5.41, 5.74) is 1.82. The number of rotatable bonds is 5. The summed E-state index contributed by atoms with van der Waals surface area (Å²) in [6.07, 6.45) is 3.29. The summed E-state index contributed by atoms with van der Waals surface area (Å²) in [7, 11) is 0. The molecule has 0 fully saturated rings. The normalized spacial score (nSPS) is 15.8. The Kier molecular flexibility index (Phi) is 5.06. The van der Waals surface area contributed by atoms with Gasteiger partial charge in [-0.25, -0.2) is 9.67 Å². The first-order chi connectivity index (χ1) is 11.6. The highest BCUT2D eigenvalue weighted by molar-refractivity contribution is 7.13. The Morgan fingerprint density at radius 1 is 1.50 bits per heavy atom. The van der Waals surface area contributed by atoms with E-state index in [4.69, 9.17) is 0 Å². The van der Waals surface area contributed by atoms with Gasteiger partial charge < -0.3 is 5.32 Å². The zero-order valence-corrected chi connectivity index (χ0v) is 14.7. The molecule has 0 saturated heterocycles. The second kappa shape index (κ2) is 7.23. The molecule has 0 aromatic carbocycles. The molecule has 3 rings (SSSR count). The summed E-state index contributed by atoms with van der Waals surface area (Å²) in [6.45, 7) is 5.86. The highest BCUT2D eigenvalue weighted by Gasteiger charge is 2.27. The lowest BCUT2D eigenvalue weighted by atomic mass is 10.0. The number of aromatic nitrogens is 3. The monoisotopic (exact) mass is 347 g/mol. The summed E-state index contributed by atoms with van der Waals surface area (Å²) in [5, 5.41) is 9.72. The first-order valence-electron chi connectivity index (χ1n) is 8.12. The molecule has 1 N–H and O–H groups in total. The third-order valence-electron chi connectivity index (χ3n) is 4.20. The van der Waals surface area contributed by atoms with Gasteiger partial charge in [0.1, 0.15) is 0 Å². The molecule has 128 valence electrons. The minimum absolute atomic E-state index is 0.0719. The average Bonchev–Trinajstić information content (AvgIpc) is 3.07. The number of aryl methyl sites for hydroxylation is 1. The van der Waals surface area contributed by atoms with Crippen LogP contribution < -0.4 is 10.9 Å². The molecule has 1 aliphatic rings. The van der Waals surface area contributed by atoms with Gasteiger partial charge in [-0.05, 0) is 18.9 Å². The number of nitrogens with zero attached hydrogens (tertiary/aromatic N) is 4. The van der Waals surface area contributed by atoms with Crippen LogP contribution in [0.15, 0.2) is 22.4 Å². The van der Waals surface area contributed by atoms with E-state index in [2.05, 4.69) is 20.3 Å². The second-order valence-electron chi connectivity index (χ2n) is 5.90. The predicted octanol–water partition coefficient (Wildman–Crippen LogP) is 1.50. The molecule has 0 unspecified atom stereocenters. The Balaban J connectivity index is 1.71. The van der Waals surface area contributed by atoms with E-state index in [1.165, 1.54) is 16.0 Å². The Bertz CT molecular complexity index is 771. The van der Waals surface area contributed by atoms with E-state index in [1.54, 1.807) is 12.3 Å². The molecule has 0 bridgehead atoms. The lowest BCUT2D eigenvalue weighted by Gasteiger charge is -2.32. The number of nitrogens with one attached hydrogen (secondary N) is 1. The van der Waals surface area contributed by atoms with Gasteiger partial charge in [0, 0.05) is 43.7 Å². The molecule has 1 atom stereocenters. The van der Waals surface area contributed by atoms with Crippen LogP contribution in [0, 0.1) is 0 Å². The number of thiazole rings is 1. The van der Waals surface area contributed by atoms with Crippen molar-refractivity contribution in [3.8, 4) is 0 Å². The topological polar surface area (TPSA) is 80.1 Å². The first-order valence-corrected chi connectivity index (χ1v) is 9.00. The van der Waals surface area contributed by atoms with Crippen LogP contribution in [0.4, 0.5) is 5.13 Å². The van der Waals surface area contributed by atoms with Crippen LogP contribution in [0.2, 0.25) is 0 Å². The van der Waals surface area contributed by atoms with Crippen LogP contribution in [0.1, 0.15) is 31.5 Å². The number of hydrogen-bond donors (Lipinski definition) is 1. The average molecular weight is 347 g/mol.